The van der Waals surface area contributed by atoms with E-state index < -0.39 is 0 Å². The summed E-state index contributed by atoms with van der Waals surface area (Å²) in [5, 5.41) is 4.01. The number of thioether (sulfide) groups is 1. The van der Waals surface area contributed by atoms with Crippen molar-refractivity contribution in [2.75, 3.05) is 12.9 Å². The van der Waals surface area contributed by atoms with Crippen LogP contribution in [0.4, 0.5) is 0 Å². The van der Waals surface area contributed by atoms with Gasteiger partial charge in [0.15, 0.2) is 0 Å². The predicted octanol–water partition coefficient (Wildman–Crippen LogP) is 2.81. The molecule has 1 heterocycles. The Balaban J connectivity index is 2.16. The fourth-order valence-electron chi connectivity index (χ4n) is 1.82. The van der Waals surface area contributed by atoms with Crippen molar-refractivity contribution in [2.45, 2.75) is 24.8 Å². The van der Waals surface area contributed by atoms with Crippen LogP contribution < -0.4 is 10.1 Å². The molecule has 0 bridgehead atoms. The molecule has 1 saturated heterocycles. The van der Waals surface area contributed by atoms with Crippen LogP contribution in [0.1, 0.15) is 24.3 Å². The third kappa shape index (κ3) is 2.29. The van der Waals surface area contributed by atoms with Crippen LogP contribution in [0, 0.1) is 0 Å². The first-order chi connectivity index (χ1) is 7.35. The first kappa shape index (κ1) is 10.8. The Kier molecular flexibility index (Phi) is 3.54. The van der Waals surface area contributed by atoms with Crippen molar-refractivity contribution in [1.82, 2.24) is 5.32 Å². The number of nitrogens with one attached hydrogen (secondary N) is 1. The van der Waals surface area contributed by atoms with Crippen molar-refractivity contribution < 1.29 is 4.74 Å². The zero-order chi connectivity index (χ0) is 10.7. The zero-order valence-electron chi connectivity index (χ0n) is 9.19. The van der Waals surface area contributed by atoms with E-state index >= 15 is 0 Å². The topological polar surface area (TPSA) is 21.3 Å². The third-order valence-corrected chi connectivity index (χ3v) is 4.08. The molecular weight excluding hydrogens is 206 g/mol. The lowest BCUT2D eigenvalue weighted by molar-refractivity contribution is 0.406. The lowest BCUT2D eigenvalue weighted by Gasteiger charge is -2.15. The van der Waals surface area contributed by atoms with E-state index in [4.69, 9.17) is 4.74 Å². The van der Waals surface area contributed by atoms with Crippen LogP contribution in [0.25, 0.3) is 0 Å². The van der Waals surface area contributed by atoms with Crippen molar-refractivity contribution in [3.63, 3.8) is 0 Å². The van der Waals surface area contributed by atoms with E-state index in [1.165, 1.54) is 17.7 Å². The second-order valence-corrected chi connectivity index (χ2v) is 4.87. The van der Waals surface area contributed by atoms with Crippen molar-refractivity contribution in [2.24, 2.45) is 0 Å². The normalized spacial score (nSPS) is 25.5. The van der Waals surface area contributed by atoms with Gasteiger partial charge in [-0.25, -0.2) is 0 Å². The van der Waals surface area contributed by atoms with Crippen LogP contribution in [0.3, 0.4) is 0 Å². The quantitative estimate of drug-likeness (QED) is 0.851. The summed E-state index contributed by atoms with van der Waals surface area (Å²) in [4.78, 5) is 0. The van der Waals surface area contributed by atoms with Gasteiger partial charge < -0.3 is 4.74 Å². The second-order valence-electron chi connectivity index (χ2n) is 3.73. The van der Waals surface area contributed by atoms with Gasteiger partial charge in [0, 0.05) is 17.4 Å². The molecule has 1 aromatic carbocycles. The molecule has 82 valence electrons. The van der Waals surface area contributed by atoms with Gasteiger partial charge in [-0.05, 0) is 12.5 Å². The highest BCUT2D eigenvalue weighted by Crippen LogP contribution is 2.37. The number of ether oxygens (including phenoxy) is 1. The minimum atomic E-state index is 0.395. The van der Waals surface area contributed by atoms with E-state index in [1.807, 2.05) is 23.9 Å². The summed E-state index contributed by atoms with van der Waals surface area (Å²) in [5.41, 5.74) is 1.26. The molecule has 1 aliphatic heterocycles. The van der Waals surface area contributed by atoms with Gasteiger partial charge in [-0.1, -0.05) is 25.1 Å². The monoisotopic (exact) mass is 223 g/mol. The van der Waals surface area contributed by atoms with Crippen LogP contribution >= 0.6 is 11.8 Å². The number of para-hydroxylation sites is 1. The van der Waals surface area contributed by atoms with Crippen LogP contribution in [0.5, 0.6) is 5.75 Å². The smallest absolute Gasteiger partial charge is 0.124 e. The highest BCUT2D eigenvalue weighted by molar-refractivity contribution is 7.99. The van der Waals surface area contributed by atoms with Gasteiger partial charge in [-0.15, -0.1) is 11.8 Å². The molecular formula is C12H17NOS. The number of rotatable bonds is 3. The average Bonchev–Trinajstić information content (AvgIpc) is 2.77. The maximum Gasteiger partial charge on any atom is 0.124 e. The fourth-order valence-corrected chi connectivity index (χ4v) is 3.24. The van der Waals surface area contributed by atoms with Crippen molar-refractivity contribution in [3.05, 3.63) is 29.8 Å². The van der Waals surface area contributed by atoms with Crippen molar-refractivity contribution in [3.8, 4) is 5.75 Å². The SMILES string of the molecule is CCC1CSC(c2ccccc2OC)N1. The Hall–Kier alpha value is -0.670. The van der Waals surface area contributed by atoms with Crippen LogP contribution in [0.2, 0.25) is 0 Å². The van der Waals surface area contributed by atoms with Crippen LogP contribution in [-0.4, -0.2) is 18.9 Å². The number of hydrogen-bond acceptors (Lipinski definition) is 3. The number of hydrogen-bond donors (Lipinski definition) is 1. The van der Waals surface area contributed by atoms with Gasteiger partial charge in [0.1, 0.15) is 5.75 Å². The molecule has 0 aliphatic carbocycles. The highest BCUT2D eigenvalue weighted by Gasteiger charge is 2.25. The Labute approximate surface area is 95.4 Å². The Morgan fingerprint density at radius 2 is 2.27 bits per heavy atom. The van der Waals surface area contributed by atoms with E-state index in [0.717, 1.165) is 5.75 Å². The Morgan fingerprint density at radius 1 is 1.47 bits per heavy atom. The van der Waals surface area contributed by atoms with Gasteiger partial charge in [-0.2, -0.15) is 0 Å². The molecule has 15 heavy (non-hydrogen) atoms. The van der Waals surface area contributed by atoms with Crippen LogP contribution in [-0.2, 0) is 0 Å². The summed E-state index contributed by atoms with van der Waals surface area (Å²) in [7, 11) is 1.73. The largest absolute Gasteiger partial charge is 0.496 e. The van der Waals surface area contributed by atoms with E-state index in [1.54, 1.807) is 7.11 Å². The van der Waals surface area contributed by atoms with Gasteiger partial charge in [0.25, 0.3) is 0 Å². The minimum Gasteiger partial charge on any atom is -0.496 e. The van der Waals surface area contributed by atoms with Gasteiger partial charge in [0.05, 0.1) is 12.5 Å². The summed E-state index contributed by atoms with van der Waals surface area (Å²) < 4.78 is 5.37. The first-order valence-electron chi connectivity index (χ1n) is 5.35. The van der Waals surface area contributed by atoms with Gasteiger partial charge >= 0.3 is 0 Å². The highest BCUT2D eigenvalue weighted by atomic mass is 32.2. The lowest BCUT2D eigenvalue weighted by atomic mass is 10.2. The molecule has 0 aromatic heterocycles. The van der Waals surface area contributed by atoms with Gasteiger partial charge in [0.2, 0.25) is 0 Å². The summed E-state index contributed by atoms with van der Waals surface area (Å²) >= 11 is 1.97. The predicted molar refractivity (Wildman–Crippen MR) is 65.4 cm³/mol. The molecule has 1 aromatic rings. The standard InChI is InChI=1S/C12H17NOS/c1-3-9-8-15-12(13-9)10-6-4-5-7-11(10)14-2/h4-7,9,12-13H,3,8H2,1-2H3. The van der Waals surface area contributed by atoms with E-state index in [-0.39, 0.29) is 0 Å². The molecule has 3 heteroatoms. The van der Waals surface area contributed by atoms with Crippen LogP contribution in [0.15, 0.2) is 24.3 Å². The molecule has 2 nitrogen and oxygen atoms in total. The summed E-state index contributed by atoms with van der Waals surface area (Å²) in [6.45, 7) is 2.23. The van der Waals surface area contributed by atoms with Gasteiger partial charge in [-0.3, -0.25) is 5.32 Å². The summed E-state index contributed by atoms with van der Waals surface area (Å²) in [6.07, 6.45) is 1.19. The average molecular weight is 223 g/mol. The molecule has 0 saturated carbocycles. The summed E-state index contributed by atoms with van der Waals surface area (Å²) in [5.74, 6) is 2.18. The fraction of sp³-hybridized carbons (Fsp3) is 0.500. The maximum atomic E-state index is 5.37. The first-order valence-corrected chi connectivity index (χ1v) is 6.40. The maximum absolute atomic E-state index is 5.37. The second kappa shape index (κ2) is 4.90. The molecule has 1 fully saturated rings. The Bertz CT molecular complexity index is 329. The third-order valence-electron chi connectivity index (χ3n) is 2.77. The van der Waals surface area contributed by atoms with Crippen molar-refractivity contribution >= 4 is 11.8 Å². The summed E-state index contributed by atoms with van der Waals surface area (Å²) in [6, 6.07) is 8.89. The molecule has 2 atom stereocenters. The molecule has 2 rings (SSSR count). The number of benzene rings is 1. The molecule has 1 N–H and O–H groups in total. The van der Waals surface area contributed by atoms with E-state index in [9.17, 15) is 0 Å². The minimum absolute atomic E-state index is 0.395. The molecule has 0 spiro atoms. The lowest BCUT2D eigenvalue weighted by Crippen LogP contribution is -2.24. The van der Waals surface area contributed by atoms with Crippen molar-refractivity contribution in [1.29, 1.82) is 0 Å². The molecule has 0 amide bonds. The van der Waals surface area contributed by atoms with E-state index in [0.29, 0.717) is 11.4 Å². The molecule has 0 radical (unpaired) electrons. The van der Waals surface area contributed by atoms with E-state index in [2.05, 4.69) is 24.4 Å². The molecule has 1 aliphatic rings. The number of methoxy groups -OCH3 is 1. The molecule has 2 unspecified atom stereocenters. The Morgan fingerprint density at radius 3 is 2.93 bits per heavy atom. The zero-order valence-corrected chi connectivity index (χ0v) is 10.0.